The van der Waals surface area contributed by atoms with Crippen LogP contribution in [0.5, 0.6) is 0 Å². The standard InChI is InChI=1S/C44H29N3S/c1-5-13-29(14-6-1)41-33-27-38(45-28-33)42(30-15-7-2-8-16-30)35-22-24-37(47-35)44(32-19-11-4-12-20-32)40-26-25-39(48-40)43(31-17-9-3-10-18-31)36-23-21-34(41)46-36/h1-28,47H. The van der Waals surface area contributed by atoms with Crippen molar-refractivity contribution in [2.45, 2.75) is 0 Å². The Balaban J connectivity index is 1.49. The van der Waals surface area contributed by atoms with E-state index < -0.39 is 0 Å². The normalized spacial score (nSPS) is 12.0. The zero-order valence-electron chi connectivity index (χ0n) is 26.0. The molecule has 2 aliphatic heterocycles. The molecule has 3 nitrogen and oxygen atoms in total. The van der Waals surface area contributed by atoms with Gasteiger partial charge in [0, 0.05) is 54.5 Å². The molecular weight excluding hydrogens is 603 g/mol. The van der Waals surface area contributed by atoms with E-state index in [1.54, 1.807) is 11.3 Å². The molecule has 1 N–H and O–H groups in total. The van der Waals surface area contributed by atoms with E-state index in [-0.39, 0.29) is 0 Å². The highest BCUT2D eigenvalue weighted by atomic mass is 32.1. The van der Waals surface area contributed by atoms with Gasteiger partial charge in [-0.3, -0.25) is 4.99 Å². The van der Waals surface area contributed by atoms with Crippen LogP contribution in [0, 0.1) is 0 Å². The fourth-order valence-corrected chi connectivity index (χ4v) is 7.90. The minimum atomic E-state index is 0.910. The van der Waals surface area contributed by atoms with Crippen LogP contribution in [-0.4, -0.2) is 16.2 Å². The van der Waals surface area contributed by atoms with Crippen molar-refractivity contribution in [1.82, 2.24) is 9.97 Å². The third kappa shape index (κ3) is 5.00. The molecule has 0 amide bonds. The Morgan fingerprint density at radius 1 is 0.438 bits per heavy atom. The molecule has 0 atom stereocenters. The number of hydrogen-bond donors (Lipinski definition) is 1. The molecule has 8 bridgehead atoms. The zero-order valence-corrected chi connectivity index (χ0v) is 26.8. The molecular formula is C44H29N3S. The van der Waals surface area contributed by atoms with Crippen LogP contribution in [0.3, 0.4) is 0 Å². The Labute approximate surface area is 282 Å². The number of rotatable bonds is 4. The van der Waals surface area contributed by atoms with Gasteiger partial charge >= 0.3 is 0 Å². The topological polar surface area (TPSA) is 41.0 Å². The lowest BCUT2D eigenvalue weighted by molar-refractivity contribution is 1.32. The summed E-state index contributed by atoms with van der Waals surface area (Å²) in [4.78, 5) is 14.3. The molecule has 226 valence electrons. The van der Waals surface area contributed by atoms with Crippen molar-refractivity contribution < 1.29 is 0 Å². The summed E-state index contributed by atoms with van der Waals surface area (Å²) < 4.78 is 2.35. The molecule has 0 spiro atoms. The second-order valence-electron chi connectivity index (χ2n) is 11.9. The van der Waals surface area contributed by atoms with Crippen LogP contribution >= 0.6 is 11.3 Å². The molecule has 4 heteroatoms. The van der Waals surface area contributed by atoms with Gasteiger partial charge in [-0.1, -0.05) is 121 Å². The number of aromatic nitrogens is 2. The molecule has 7 aromatic rings. The predicted octanol–water partition coefficient (Wildman–Crippen LogP) is 12.2. The summed E-state index contributed by atoms with van der Waals surface area (Å²) in [6.07, 6.45) is 6.31. The smallest absolute Gasteiger partial charge is 0.0735 e. The van der Waals surface area contributed by atoms with Crippen molar-refractivity contribution in [3.8, 4) is 44.5 Å². The lowest BCUT2D eigenvalue weighted by Crippen LogP contribution is -1.89. The maximum Gasteiger partial charge on any atom is 0.0735 e. The predicted molar refractivity (Wildman–Crippen MR) is 205 cm³/mol. The number of aromatic amines is 1. The van der Waals surface area contributed by atoms with E-state index in [2.05, 4.69) is 169 Å². The summed E-state index contributed by atoms with van der Waals surface area (Å²) >= 11 is 1.80. The van der Waals surface area contributed by atoms with Gasteiger partial charge < -0.3 is 4.98 Å². The molecule has 3 aromatic heterocycles. The van der Waals surface area contributed by atoms with E-state index in [4.69, 9.17) is 9.98 Å². The largest absolute Gasteiger partial charge is 0.354 e. The van der Waals surface area contributed by atoms with Crippen LogP contribution in [0.1, 0.15) is 17.0 Å². The van der Waals surface area contributed by atoms with E-state index in [0.29, 0.717) is 0 Å². The Kier molecular flexibility index (Phi) is 6.99. The molecule has 0 fully saturated rings. The fourth-order valence-electron chi connectivity index (χ4n) is 6.74. The van der Waals surface area contributed by atoms with Crippen molar-refractivity contribution >= 4 is 55.8 Å². The summed E-state index contributed by atoms with van der Waals surface area (Å²) in [7, 11) is 0. The van der Waals surface area contributed by atoms with Crippen LogP contribution in [0.2, 0.25) is 0 Å². The monoisotopic (exact) mass is 631 g/mol. The van der Waals surface area contributed by atoms with E-state index in [1.165, 1.54) is 9.40 Å². The zero-order chi connectivity index (χ0) is 31.9. The Morgan fingerprint density at radius 2 is 0.896 bits per heavy atom. The highest BCUT2D eigenvalue weighted by molar-refractivity contribution is 7.24. The second-order valence-corrected chi connectivity index (χ2v) is 13.0. The van der Waals surface area contributed by atoms with E-state index in [0.717, 1.165) is 78.2 Å². The minimum absolute atomic E-state index is 0.910. The molecule has 0 saturated carbocycles. The van der Waals surface area contributed by atoms with E-state index in [9.17, 15) is 0 Å². The first-order chi connectivity index (χ1) is 23.8. The number of benzene rings is 4. The van der Waals surface area contributed by atoms with Crippen LogP contribution in [0.15, 0.2) is 157 Å². The quantitative estimate of drug-likeness (QED) is 0.206. The Morgan fingerprint density at radius 3 is 1.48 bits per heavy atom. The number of H-pyrrole nitrogens is 1. The van der Waals surface area contributed by atoms with Gasteiger partial charge in [-0.2, -0.15) is 0 Å². The summed E-state index contributed by atoms with van der Waals surface area (Å²) in [5.41, 5.74) is 14.8. The van der Waals surface area contributed by atoms with E-state index in [1.807, 2.05) is 6.21 Å². The third-order valence-corrected chi connectivity index (χ3v) is 10.0. The number of fused-ring (bicyclic) bond motifs is 8. The van der Waals surface area contributed by atoms with Gasteiger partial charge in [0.15, 0.2) is 0 Å². The lowest BCUT2D eigenvalue weighted by atomic mass is 9.99. The molecule has 5 heterocycles. The molecule has 48 heavy (non-hydrogen) atoms. The number of hydrogen-bond acceptors (Lipinski definition) is 3. The highest BCUT2D eigenvalue weighted by Gasteiger charge is 2.19. The lowest BCUT2D eigenvalue weighted by Gasteiger charge is -2.06. The first-order valence-corrected chi connectivity index (χ1v) is 16.9. The van der Waals surface area contributed by atoms with Gasteiger partial charge in [0.25, 0.3) is 0 Å². The van der Waals surface area contributed by atoms with Crippen molar-refractivity contribution in [2.75, 3.05) is 0 Å². The maximum atomic E-state index is 5.37. The summed E-state index contributed by atoms with van der Waals surface area (Å²) in [5, 5.41) is 0. The number of thiophene rings is 1. The fraction of sp³-hybridized carbons (Fsp3) is 0. The highest BCUT2D eigenvalue weighted by Crippen LogP contribution is 2.42. The number of aliphatic imine (C=N–C) groups is 1. The van der Waals surface area contributed by atoms with Crippen molar-refractivity contribution in [3.05, 3.63) is 169 Å². The van der Waals surface area contributed by atoms with E-state index >= 15 is 0 Å². The molecule has 0 saturated heterocycles. The van der Waals surface area contributed by atoms with Gasteiger partial charge in [-0.05, 0) is 64.7 Å². The van der Waals surface area contributed by atoms with Gasteiger partial charge in [-0.25, -0.2) is 4.98 Å². The van der Waals surface area contributed by atoms with Gasteiger partial charge in [0.1, 0.15) is 0 Å². The van der Waals surface area contributed by atoms with Crippen LogP contribution in [0.4, 0.5) is 5.69 Å². The maximum absolute atomic E-state index is 5.37. The molecule has 4 aromatic carbocycles. The van der Waals surface area contributed by atoms with Gasteiger partial charge in [0.2, 0.25) is 0 Å². The van der Waals surface area contributed by atoms with Crippen molar-refractivity contribution in [1.29, 1.82) is 0 Å². The van der Waals surface area contributed by atoms with Crippen LogP contribution in [0.25, 0.3) is 77.1 Å². The number of nitrogens with one attached hydrogen (secondary N) is 1. The summed E-state index contributed by atoms with van der Waals surface area (Å²) in [5.74, 6) is 0. The summed E-state index contributed by atoms with van der Waals surface area (Å²) in [6, 6.07) is 53.4. The van der Waals surface area contributed by atoms with Crippen LogP contribution < -0.4 is 0 Å². The first kappa shape index (κ1) is 28.1. The second kappa shape index (κ2) is 11.9. The van der Waals surface area contributed by atoms with Gasteiger partial charge in [0.05, 0.1) is 17.1 Å². The minimum Gasteiger partial charge on any atom is -0.354 e. The number of nitrogens with zero attached hydrogens (tertiary/aromatic N) is 2. The Bertz CT molecular complexity index is 2390. The molecule has 9 rings (SSSR count). The Hall–Kier alpha value is -6.10. The van der Waals surface area contributed by atoms with Crippen LogP contribution in [-0.2, 0) is 0 Å². The average Bonchev–Trinajstić information content (AvgIpc) is 3.98. The molecule has 0 unspecified atom stereocenters. The first-order valence-electron chi connectivity index (χ1n) is 16.1. The third-order valence-electron chi connectivity index (χ3n) is 8.91. The van der Waals surface area contributed by atoms with Crippen molar-refractivity contribution in [3.63, 3.8) is 0 Å². The molecule has 2 aliphatic rings. The SMILES string of the molecule is C1=Cc2nc1c(-c1ccccc1)c1cc(c(-c3ccccc3)c3ccc([nH]3)c(-c3ccccc3)c3ccc(s3)c2-c2ccccc2)N=C1. The van der Waals surface area contributed by atoms with Crippen molar-refractivity contribution in [2.24, 2.45) is 4.99 Å². The molecule has 0 radical (unpaired) electrons. The average molecular weight is 632 g/mol. The summed E-state index contributed by atoms with van der Waals surface area (Å²) in [6.45, 7) is 0. The van der Waals surface area contributed by atoms with Gasteiger partial charge in [-0.15, -0.1) is 11.3 Å². The molecule has 0 aliphatic carbocycles.